The van der Waals surface area contributed by atoms with Crippen molar-refractivity contribution in [2.45, 2.75) is 246 Å². The lowest BCUT2D eigenvalue weighted by Gasteiger charge is -2.34. The predicted molar refractivity (Wildman–Crippen MR) is 357 cm³/mol. The predicted octanol–water partition coefficient (Wildman–Crippen LogP) is 18.0. The molecular formula is C75H108O11S. The summed E-state index contributed by atoms with van der Waals surface area (Å²) in [6, 6.07) is 25.8. The molecule has 0 aromatic heterocycles. The highest BCUT2D eigenvalue weighted by atomic mass is 32.2. The van der Waals surface area contributed by atoms with Crippen LogP contribution in [0.1, 0.15) is 258 Å². The summed E-state index contributed by atoms with van der Waals surface area (Å²) in [6.07, 6.45) is 7.03. The van der Waals surface area contributed by atoms with Gasteiger partial charge in [-0.25, -0.2) is 0 Å². The van der Waals surface area contributed by atoms with Crippen LogP contribution in [0.25, 0.3) is 0 Å². The fourth-order valence-electron chi connectivity index (χ4n) is 10.9. The lowest BCUT2D eigenvalue weighted by Crippen LogP contribution is -2.31. The molecule has 0 aliphatic rings. The number of thioether (sulfide) groups is 1. The molecule has 0 atom stereocenters. The van der Waals surface area contributed by atoms with Gasteiger partial charge in [0.05, 0.1) is 25.2 Å². The Balaban J connectivity index is 0.000000469. The van der Waals surface area contributed by atoms with Gasteiger partial charge in [-0.15, -0.1) is 11.8 Å². The zero-order chi connectivity index (χ0) is 65.9. The third-order valence-corrected chi connectivity index (χ3v) is 17.4. The Hall–Kier alpha value is -6.14. The van der Waals surface area contributed by atoms with Crippen LogP contribution < -0.4 is 0 Å². The molecule has 0 saturated heterocycles. The maximum atomic E-state index is 13.7. The number of hydrogen-bond donors (Lipinski definition) is 5. The summed E-state index contributed by atoms with van der Waals surface area (Å²) in [5.74, 6) is 1.03. The van der Waals surface area contributed by atoms with Crippen LogP contribution in [0.4, 0.5) is 0 Å². The number of ether oxygens (including phenoxy) is 3. The van der Waals surface area contributed by atoms with E-state index < -0.39 is 22.8 Å². The van der Waals surface area contributed by atoms with Crippen LogP contribution in [0.15, 0.2) is 84.9 Å². The first-order valence-corrected chi connectivity index (χ1v) is 32.4. The van der Waals surface area contributed by atoms with Crippen LogP contribution >= 0.6 is 11.8 Å². The van der Waals surface area contributed by atoms with Gasteiger partial charge in [-0.3, -0.25) is 14.4 Å². The first-order valence-electron chi connectivity index (χ1n) is 31.2. The van der Waals surface area contributed by atoms with Crippen molar-refractivity contribution < 1.29 is 54.1 Å². The zero-order valence-corrected chi connectivity index (χ0v) is 57.7. The molecule has 0 spiro atoms. The van der Waals surface area contributed by atoms with Gasteiger partial charge in [-0.1, -0.05) is 238 Å². The topological polar surface area (TPSA) is 180 Å². The number of aromatic hydroxyl groups is 5. The zero-order valence-electron chi connectivity index (χ0n) is 56.9. The van der Waals surface area contributed by atoms with E-state index in [1.165, 1.54) is 25.7 Å². The number of esters is 3. The molecule has 5 aromatic rings. The summed E-state index contributed by atoms with van der Waals surface area (Å²) in [5.41, 5.74) is 5.64. The second kappa shape index (κ2) is 29.5. The Bertz CT molecular complexity index is 2810. The van der Waals surface area contributed by atoms with Gasteiger partial charge in [0, 0.05) is 16.6 Å². The first kappa shape index (κ1) is 73.3. The molecule has 0 fully saturated rings. The number of unbranched alkanes of at least 4 members (excludes halogenated alkanes) is 5. The fourth-order valence-corrected chi connectivity index (χ4v) is 11.7. The van der Waals surface area contributed by atoms with Crippen LogP contribution in [0.2, 0.25) is 0 Å². The monoisotopic (exact) mass is 1220 g/mol. The summed E-state index contributed by atoms with van der Waals surface area (Å²) < 4.78 is 16.8. The average Bonchev–Trinajstić information content (AvgIpc) is 0.941. The molecule has 87 heavy (non-hydrogen) atoms. The van der Waals surface area contributed by atoms with Crippen LogP contribution in [0.5, 0.6) is 28.7 Å². The second-order valence-corrected chi connectivity index (χ2v) is 31.4. The molecule has 0 heterocycles. The Kier molecular flexibility index (Phi) is 24.8. The van der Waals surface area contributed by atoms with E-state index in [-0.39, 0.29) is 87.5 Å². The van der Waals surface area contributed by atoms with E-state index in [2.05, 4.69) is 60.6 Å². The maximum absolute atomic E-state index is 13.7. The molecule has 5 rings (SSSR count). The van der Waals surface area contributed by atoms with Crippen molar-refractivity contribution >= 4 is 29.7 Å². The van der Waals surface area contributed by atoms with E-state index in [1.54, 1.807) is 36.0 Å². The smallest absolute Gasteiger partial charge is 0.315 e. The van der Waals surface area contributed by atoms with Crippen molar-refractivity contribution in [3.05, 3.63) is 146 Å². The number of benzene rings is 5. The number of carbonyl (C=O) groups excluding carboxylic acids is 3. The summed E-state index contributed by atoms with van der Waals surface area (Å²) in [6.45, 7) is 43.2. The van der Waals surface area contributed by atoms with Crippen LogP contribution in [0.3, 0.4) is 0 Å². The average molecular weight is 1220 g/mol. The van der Waals surface area contributed by atoms with Crippen LogP contribution in [-0.2, 0) is 77.7 Å². The number of carbonyl (C=O) groups is 3. The van der Waals surface area contributed by atoms with Crippen molar-refractivity contribution in [1.29, 1.82) is 0 Å². The van der Waals surface area contributed by atoms with Gasteiger partial charge in [0.15, 0.2) is 0 Å². The highest BCUT2D eigenvalue weighted by molar-refractivity contribution is 7.99. The normalized spacial score (nSPS) is 12.7. The first-order chi connectivity index (χ1) is 39.9. The van der Waals surface area contributed by atoms with E-state index in [0.29, 0.717) is 18.1 Å². The van der Waals surface area contributed by atoms with Gasteiger partial charge >= 0.3 is 17.9 Å². The van der Waals surface area contributed by atoms with E-state index in [1.807, 2.05) is 145 Å². The van der Waals surface area contributed by atoms with Crippen LogP contribution in [0, 0.1) is 0 Å². The molecule has 0 amide bonds. The fraction of sp³-hybridized carbons (Fsp3) is 0.560. The van der Waals surface area contributed by atoms with Gasteiger partial charge in [0.2, 0.25) is 0 Å². The molecule has 5 N–H and O–H groups in total. The van der Waals surface area contributed by atoms with Crippen molar-refractivity contribution in [2.24, 2.45) is 0 Å². The molecule has 0 bridgehead atoms. The molecule has 11 nitrogen and oxygen atoms in total. The van der Waals surface area contributed by atoms with Crippen molar-refractivity contribution in [2.75, 3.05) is 25.6 Å². The Morgan fingerprint density at radius 1 is 0.368 bits per heavy atom. The SMILES string of the molecule is CC(C)(C)c1cc(C(C)(CC(=O)OCCOC(=O)CC(C)(c2ccc(O)c(C(C)(C)C)c2)c2ccc(O)c(C(C)(C)C)c2)c2ccc(O)c(C(C)(C)C)c2)ccc1O.CCCCCCCCOC(=O)CSCc1cc(C(C)(C)C)c(O)c(C(C)(C)C)c1. The van der Waals surface area contributed by atoms with E-state index >= 15 is 0 Å². The third-order valence-electron chi connectivity index (χ3n) is 16.4. The van der Waals surface area contributed by atoms with Crippen molar-refractivity contribution in [3.8, 4) is 28.7 Å². The number of phenolic OH excluding ortho intramolecular Hbond substituents is 5. The van der Waals surface area contributed by atoms with Gasteiger partial charge < -0.3 is 39.7 Å². The quantitative estimate of drug-likeness (QED) is 0.0252. The third kappa shape index (κ3) is 20.5. The number of phenols is 5. The van der Waals surface area contributed by atoms with Crippen molar-refractivity contribution in [3.63, 3.8) is 0 Å². The molecule has 0 aliphatic heterocycles. The van der Waals surface area contributed by atoms with Gasteiger partial charge in [0.1, 0.15) is 42.0 Å². The minimum atomic E-state index is -0.914. The molecule has 5 aromatic carbocycles. The minimum Gasteiger partial charge on any atom is -0.508 e. The molecule has 0 unspecified atom stereocenters. The largest absolute Gasteiger partial charge is 0.508 e. The van der Waals surface area contributed by atoms with Crippen LogP contribution in [-0.4, -0.2) is 69.0 Å². The minimum absolute atomic E-state index is 0.0599. The standard InChI is InChI=1S/C50H66O8.C25H42O3S/c1-45(2,3)35-25-31(15-19-39(35)51)49(13,32-16-20-40(52)36(26-32)46(4,5)6)29-43(55)57-23-24-58-44(56)30-50(14,33-17-21-41(53)37(27-33)47(7,8)9)34-18-22-42(54)38(28-34)48(10,11)12;1-8-9-10-11-12-13-14-28-22(26)18-29-17-19-15-20(24(2,3)4)23(27)21(16-19)25(5,6)7/h15-22,25-28,51-54H,23-24,29-30H2,1-14H3;15-16,27H,8-14,17-18H2,1-7H3. The van der Waals surface area contributed by atoms with Gasteiger partial charge in [-0.05, 0) is 124 Å². The van der Waals surface area contributed by atoms with E-state index in [9.17, 15) is 39.9 Å². The lowest BCUT2D eigenvalue weighted by molar-refractivity contribution is -0.153. The summed E-state index contributed by atoms with van der Waals surface area (Å²) in [4.78, 5) is 39.4. The summed E-state index contributed by atoms with van der Waals surface area (Å²) in [7, 11) is 0. The van der Waals surface area contributed by atoms with Gasteiger partial charge in [0.25, 0.3) is 0 Å². The second-order valence-electron chi connectivity index (χ2n) is 30.4. The number of hydrogen-bond acceptors (Lipinski definition) is 12. The highest BCUT2D eigenvalue weighted by Crippen LogP contribution is 2.46. The van der Waals surface area contributed by atoms with E-state index in [4.69, 9.17) is 14.2 Å². The summed E-state index contributed by atoms with van der Waals surface area (Å²) >= 11 is 1.58. The molecule has 0 saturated carbocycles. The van der Waals surface area contributed by atoms with E-state index in [0.717, 1.165) is 79.8 Å². The van der Waals surface area contributed by atoms with Gasteiger partial charge in [-0.2, -0.15) is 0 Å². The molecule has 0 radical (unpaired) electrons. The Morgan fingerprint density at radius 3 is 0.954 bits per heavy atom. The maximum Gasteiger partial charge on any atom is 0.315 e. The molecular weight excluding hydrogens is 1110 g/mol. The molecule has 0 aliphatic carbocycles. The van der Waals surface area contributed by atoms with Crippen molar-refractivity contribution in [1.82, 2.24) is 0 Å². The summed E-state index contributed by atoms with van der Waals surface area (Å²) in [5, 5.41) is 54.0. The Labute approximate surface area is 527 Å². The Morgan fingerprint density at radius 2 is 0.655 bits per heavy atom. The number of rotatable bonds is 22. The lowest BCUT2D eigenvalue weighted by atomic mass is 9.70. The molecule has 480 valence electrons. The molecule has 12 heteroatoms. The highest BCUT2D eigenvalue weighted by Gasteiger charge is 2.38.